The number of nitrogens with zero attached hydrogens (tertiary/aromatic N) is 1. The van der Waals surface area contributed by atoms with Crippen molar-refractivity contribution in [1.29, 1.82) is 0 Å². The zero-order valence-electron chi connectivity index (χ0n) is 14.9. The Labute approximate surface area is 148 Å². The monoisotopic (exact) mass is 337 g/mol. The van der Waals surface area contributed by atoms with Gasteiger partial charge in [0.15, 0.2) is 6.10 Å². The summed E-state index contributed by atoms with van der Waals surface area (Å²) in [4.78, 5) is 11.7. The van der Waals surface area contributed by atoms with E-state index in [-0.39, 0.29) is 5.97 Å². The molecular formula is C21H23NO3. The van der Waals surface area contributed by atoms with Crippen LogP contribution in [0.2, 0.25) is 0 Å². The molecule has 0 saturated carbocycles. The number of fused-ring (bicyclic) bond motifs is 1. The van der Waals surface area contributed by atoms with E-state index in [9.17, 15) is 4.79 Å². The number of ether oxygens (including phenoxy) is 2. The number of carbonyl (C=O) groups is 1. The van der Waals surface area contributed by atoms with Gasteiger partial charge in [-0.2, -0.15) is 0 Å². The van der Waals surface area contributed by atoms with Crippen molar-refractivity contribution >= 4 is 16.9 Å². The molecule has 0 N–H and O–H groups in total. The summed E-state index contributed by atoms with van der Waals surface area (Å²) in [5.74, 6) is 0.327. The molecule has 25 heavy (non-hydrogen) atoms. The molecule has 0 amide bonds. The maximum absolute atomic E-state index is 11.7. The predicted octanol–water partition coefficient (Wildman–Crippen LogP) is 4.19. The lowest BCUT2D eigenvalue weighted by molar-refractivity contribution is -0.147. The summed E-state index contributed by atoms with van der Waals surface area (Å²) in [6.45, 7) is 4.66. The van der Waals surface area contributed by atoms with Crippen molar-refractivity contribution < 1.29 is 14.3 Å². The Kier molecular flexibility index (Phi) is 5.08. The number of hydrogen-bond acceptors (Lipinski definition) is 3. The predicted molar refractivity (Wildman–Crippen MR) is 99.0 cm³/mol. The van der Waals surface area contributed by atoms with Crippen LogP contribution in [0.4, 0.5) is 0 Å². The van der Waals surface area contributed by atoms with Gasteiger partial charge >= 0.3 is 5.97 Å². The zero-order valence-corrected chi connectivity index (χ0v) is 14.9. The first kappa shape index (κ1) is 17.1. The molecule has 2 aromatic carbocycles. The van der Waals surface area contributed by atoms with Crippen LogP contribution in [0.3, 0.4) is 0 Å². The topological polar surface area (TPSA) is 40.5 Å². The molecular weight excluding hydrogens is 314 g/mol. The van der Waals surface area contributed by atoms with Gasteiger partial charge in [-0.3, -0.25) is 0 Å². The van der Waals surface area contributed by atoms with Crippen LogP contribution in [0.5, 0.6) is 5.75 Å². The van der Waals surface area contributed by atoms with Crippen LogP contribution in [0.15, 0.2) is 54.6 Å². The van der Waals surface area contributed by atoms with Crippen LogP contribution in [0.1, 0.15) is 25.1 Å². The Morgan fingerprint density at radius 1 is 1.12 bits per heavy atom. The maximum Gasteiger partial charge on any atom is 0.346 e. The largest absolute Gasteiger partial charge is 0.478 e. The van der Waals surface area contributed by atoms with E-state index in [2.05, 4.69) is 47.9 Å². The van der Waals surface area contributed by atoms with Crippen molar-refractivity contribution in [2.24, 2.45) is 0 Å². The molecule has 0 aliphatic rings. The van der Waals surface area contributed by atoms with E-state index in [0.29, 0.717) is 5.75 Å². The van der Waals surface area contributed by atoms with E-state index in [4.69, 9.17) is 9.47 Å². The van der Waals surface area contributed by atoms with E-state index in [1.807, 2.05) is 18.2 Å². The molecule has 0 aliphatic carbocycles. The lowest BCUT2D eigenvalue weighted by atomic mass is 10.2. The van der Waals surface area contributed by atoms with E-state index in [1.165, 1.54) is 18.4 Å². The summed E-state index contributed by atoms with van der Waals surface area (Å²) < 4.78 is 12.9. The highest BCUT2D eigenvalue weighted by molar-refractivity contribution is 5.88. The zero-order chi connectivity index (χ0) is 17.8. The fraction of sp³-hybridized carbons (Fsp3) is 0.286. The van der Waals surface area contributed by atoms with Gasteiger partial charge in [-0.15, -0.1) is 0 Å². The summed E-state index contributed by atoms with van der Waals surface area (Å²) in [7, 11) is 1.37. The van der Waals surface area contributed by atoms with Gasteiger partial charge in [-0.25, -0.2) is 4.79 Å². The quantitative estimate of drug-likeness (QED) is 0.633. The van der Waals surface area contributed by atoms with Crippen LogP contribution < -0.4 is 4.74 Å². The lowest BCUT2D eigenvalue weighted by Gasteiger charge is -2.14. The average molecular weight is 337 g/mol. The molecule has 4 heteroatoms. The highest BCUT2D eigenvalue weighted by Crippen LogP contribution is 2.30. The van der Waals surface area contributed by atoms with E-state index in [1.54, 1.807) is 6.92 Å². The standard InChI is InChI=1S/C21H23NO3/c1-4-17-13-18-19(22(17)14-16-9-6-5-7-10-16)11-8-12-20(18)25-15(2)21(23)24-3/h5-13,15H,4,14H2,1-3H3/t15-/m1/s1. The first-order chi connectivity index (χ1) is 12.1. The SMILES string of the molecule is CCc1cc2c(O[C@H](C)C(=O)OC)cccc2n1Cc1ccccc1. The van der Waals surface area contributed by atoms with Gasteiger partial charge in [0.25, 0.3) is 0 Å². The Balaban J connectivity index is 2.01. The fourth-order valence-electron chi connectivity index (χ4n) is 3.07. The van der Waals surface area contributed by atoms with Crippen LogP contribution in [0.25, 0.3) is 10.9 Å². The van der Waals surface area contributed by atoms with Gasteiger partial charge in [-0.05, 0) is 37.1 Å². The number of aryl methyl sites for hydroxylation is 1. The minimum atomic E-state index is -0.641. The normalized spacial score (nSPS) is 12.1. The van der Waals surface area contributed by atoms with Crippen molar-refractivity contribution in [1.82, 2.24) is 4.57 Å². The van der Waals surface area contributed by atoms with Gasteiger partial charge < -0.3 is 14.0 Å². The molecule has 0 unspecified atom stereocenters. The smallest absolute Gasteiger partial charge is 0.346 e. The number of methoxy groups -OCH3 is 1. The molecule has 0 radical (unpaired) electrons. The number of aromatic nitrogens is 1. The molecule has 0 spiro atoms. The number of carbonyl (C=O) groups excluding carboxylic acids is 1. The lowest BCUT2D eigenvalue weighted by Crippen LogP contribution is -2.24. The first-order valence-electron chi connectivity index (χ1n) is 8.53. The van der Waals surface area contributed by atoms with Crippen molar-refractivity contribution in [2.45, 2.75) is 32.9 Å². The highest BCUT2D eigenvalue weighted by Gasteiger charge is 2.18. The van der Waals surface area contributed by atoms with E-state index >= 15 is 0 Å². The molecule has 1 aromatic heterocycles. The minimum absolute atomic E-state index is 0.378. The van der Waals surface area contributed by atoms with Crippen molar-refractivity contribution in [3.05, 3.63) is 65.9 Å². The summed E-state index contributed by atoms with van der Waals surface area (Å²) in [6, 6.07) is 18.5. The van der Waals surface area contributed by atoms with Crippen molar-refractivity contribution in [3.63, 3.8) is 0 Å². The maximum atomic E-state index is 11.7. The molecule has 0 aliphatic heterocycles. The second-order valence-corrected chi connectivity index (χ2v) is 6.03. The molecule has 0 bridgehead atoms. The van der Waals surface area contributed by atoms with Crippen LogP contribution in [-0.4, -0.2) is 23.8 Å². The van der Waals surface area contributed by atoms with E-state index in [0.717, 1.165) is 23.9 Å². The summed E-state index contributed by atoms with van der Waals surface area (Å²) in [6.07, 6.45) is 0.284. The van der Waals surface area contributed by atoms with Gasteiger partial charge in [0, 0.05) is 17.6 Å². The van der Waals surface area contributed by atoms with Gasteiger partial charge in [-0.1, -0.05) is 43.3 Å². The molecule has 1 heterocycles. The Morgan fingerprint density at radius 3 is 2.56 bits per heavy atom. The van der Waals surface area contributed by atoms with Crippen LogP contribution in [-0.2, 0) is 22.5 Å². The molecule has 0 saturated heterocycles. The second kappa shape index (κ2) is 7.43. The number of hydrogen-bond donors (Lipinski definition) is 0. The van der Waals surface area contributed by atoms with E-state index < -0.39 is 6.10 Å². The van der Waals surface area contributed by atoms with Crippen molar-refractivity contribution in [3.8, 4) is 5.75 Å². The van der Waals surface area contributed by atoms with Crippen LogP contribution in [0, 0.1) is 0 Å². The Morgan fingerprint density at radius 2 is 1.88 bits per heavy atom. The number of esters is 1. The minimum Gasteiger partial charge on any atom is -0.478 e. The highest BCUT2D eigenvalue weighted by atomic mass is 16.6. The van der Waals surface area contributed by atoms with Crippen molar-refractivity contribution in [2.75, 3.05) is 7.11 Å². The fourth-order valence-corrected chi connectivity index (χ4v) is 3.07. The third-order valence-electron chi connectivity index (χ3n) is 4.37. The molecule has 3 rings (SSSR count). The summed E-state index contributed by atoms with van der Waals surface area (Å²) in [5, 5.41) is 1.02. The Bertz CT molecular complexity index is 867. The number of benzene rings is 2. The molecule has 0 fully saturated rings. The van der Waals surface area contributed by atoms with Gasteiger partial charge in [0.2, 0.25) is 0 Å². The summed E-state index contributed by atoms with van der Waals surface area (Å²) >= 11 is 0. The Hall–Kier alpha value is -2.75. The van der Waals surface area contributed by atoms with Gasteiger partial charge in [0.1, 0.15) is 5.75 Å². The molecule has 3 aromatic rings. The van der Waals surface area contributed by atoms with Gasteiger partial charge in [0.05, 0.1) is 12.6 Å². The average Bonchev–Trinajstić information content (AvgIpc) is 3.00. The summed E-state index contributed by atoms with van der Waals surface area (Å²) in [5.41, 5.74) is 3.60. The molecule has 4 nitrogen and oxygen atoms in total. The number of rotatable bonds is 6. The second-order valence-electron chi connectivity index (χ2n) is 6.03. The third kappa shape index (κ3) is 3.53. The van der Waals surface area contributed by atoms with Crippen LogP contribution >= 0.6 is 0 Å². The molecule has 130 valence electrons. The first-order valence-corrected chi connectivity index (χ1v) is 8.53. The molecule has 1 atom stereocenters. The third-order valence-corrected chi connectivity index (χ3v) is 4.37.